The minimum absolute atomic E-state index is 1.11. The lowest BCUT2D eigenvalue weighted by Gasteiger charge is -2.13. The average molecular weight is 186 g/mol. The fourth-order valence-electron chi connectivity index (χ4n) is 1.53. The van der Waals surface area contributed by atoms with Crippen LogP contribution in [0.1, 0.15) is 26.2 Å². The monoisotopic (exact) mass is 186 g/mol. The molecular formula is C14H18. The molecule has 0 radical (unpaired) electrons. The molecule has 0 aromatic carbocycles. The Labute approximate surface area is 87.0 Å². The van der Waals surface area contributed by atoms with Crippen molar-refractivity contribution in [2.24, 2.45) is 0 Å². The van der Waals surface area contributed by atoms with E-state index in [0.717, 1.165) is 12.0 Å². The molecule has 0 nitrogen and oxygen atoms in total. The van der Waals surface area contributed by atoms with E-state index in [1.807, 2.05) is 12.2 Å². The van der Waals surface area contributed by atoms with Crippen LogP contribution in [0.4, 0.5) is 0 Å². The second-order valence-electron chi connectivity index (χ2n) is 3.49. The lowest BCUT2D eigenvalue weighted by molar-refractivity contribution is 0.867. The van der Waals surface area contributed by atoms with Crippen LogP contribution in [0.15, 0.2) is 60.3 Å². The predicted molar refractivity (Wildman–Crippen MR) is 64.2 cm³/mol. The van der Waals surface area contributed by atoms with E-state index in [9.17, 15) is 0 Å². The molecule has 0 N–H and O–H groups in total. The largest absolute Gasteiger partial charge is 0.0991 e. The summed E-state index contributed by atoms with van der Waals surface area (Å²) in [6.45, 7) is 9.88. The van der Waals surface area contributed by atoms with Gasteiger partial charge in [-0.15, -0.1) is 0 Å². The van der Waals surface area contributed by atoms with Crippen molar-refractivity contribution >= 4 is 0 Å². The van der Waals surface area contributed by atoms with Gasteiger partial charge in [0.25, 0.3) is 0 Å². The Balaban J connectivity index is 2.67. The van der Waals surface area contributed by atoms with Crippen LogP contribution in [0.3, 0.4) is 0 Å². The third-order valence-corrected chi connectivity index (χ3v) is 2.54. The zero-order valence-electron chi connectivity index (χ0n) is 8.92. The molecular weight excluding hydrogens is 168 g/mol. The number of allylic oxidation sites excluding steroid dienone is 8. The molecule has 0 fully saturated rings. The van der Waals surface area contributed by atoms with Crippen LogP contribution >= 0.6 is 0 Å². The van der Waals surface area contributed by atoms with E-state index < -0.39 is 0 Å². The van der Waals surface area contributed by atoms with E-state index in [-0.39, 0.29) is 0 Å². The Morgan fingerprint density at radius 2 is 2.21 bits per heavy atom. The van der Waals surface area contributed by atoms with Crippen molar-refractivity contribution in [3.63, 3.8) is 0 Å². The van der Waals surface area contributed by atoms with Gasteiger partial charge in [-0.25, -0.2) is 0 Å². The summed E-state index contributed by atoms with van der Waals surface area (Å²) in [5, 5.41) is 0. The van der Waals surface area contributed by atoms with Gasteiger partial charge >= 0.3 is 0 Å². The quantitative estimate of drug-likeness (QED) is 0.573. The Morgan fingerprint density at radius 1 is 1.43 bits per heavy atom. The summed E-state index contributed by atoms with van der Waals surface area (Å²) in [7, 11) is 0. The zero-order valence-corrected chi connectivity index (χ0v) is 8.92. The van der Waals surface area contributed by atoms with Crippen molar-refractivity contribution in [1.29, 1.82) is 0 Å². The molecule has 0 saturated carbocycles. The molecule has 1 rings (SSSR count). The van der Waals surface area contributed by atoms with E-state index in [4.69, 9.17) is 0 Å². The topological polar surface area (TPSA) is 0 Å². The van der Waals surface area contributed by atoms with Crippen molar-refractivity contribution < 1.29 is 0 Å². The molecule has 0 heteroatoms. The number of hydrogen-bond acceptors (Lipinski definition) is 0. The number of rotatable bonds is 4. The van der Waals surface area contributed by atoms with Gasteiger partial charge in [0.05, 0.1) is 0 Å². The van der Waals surface area contributed by atoms with Crippen molar-refractivity contribution in [2.75, 3.05) is 0 Å². The van der Waals surface area contributed by atoms with Crippen molar-refractivity contribution in [3.8, 4) is 0 Å². The normalized spacial score (nSPS) is 16.4. The molecule has 1 aliphatic rings. The van der Waals surface area contributed by atoms with Gasteiger partial charge in [0.1, 0.15) is 0 Å². The van der Waals surface area contributed by atoms with Gasteiger partial charge in [-0.1, -0.05) is 56.0 Å². The lowest BCUT2D eigenvalue weighted by atomic mass is 9.92. The lowest BCUT2D eigenvalue weighted by Crippen LogP contribution is -1.93. The smallest absolute Gasteiger partial charge is 0.0236 e. The van der Waals surface area contributed by atoms with E-state index in [2.05, 4.69) is 32.2 Å². The molecule has 0 aliphatic heterocycles. The fourth-order valence-corrected chi connectivity index (χ4v) is 1.53. The van der Waals surface area contributed by atoms with Gasteiger partial charge in [-0.3, -0.25) is 0 Å². The first-order valence-corrected chi connectivity index (χ1v) is 5.15. The molecule has 0 atom stereocenters. The maximum Gasteiger partial charge on any atom is -0.0236 e. The summed E-state index contributed by atoms with van der Waals surface area (Å²) in [5.74, 6) is 0. The molecule has 0 aromatic rings. The van der Waals surface area contributed by atoms with Gasteiger partial charge in [0, 0.05) is 0 Å². The van der Waals surface area contributed by atoms with E-state index >= 15 is 0 Å². The summed E-state index contributed by atoms with van der Waals surface area (Å²) >= 11 is 0. The van der Waals surface area contributed by atoms with Crippen LogP contribution in [0.25, 0.3) is 0 Å². The van der Waals surface area contributed by atoms with Crippen LogP contribution in [0.5, 0.6) is 0 Å². The van der Waals surface area contributed by atoms with Gasteiger partial charge < -0.3 is 0 Å². The van der Waals surface area contributed by atoms with E-state index in [1.165, 1.54) is 24.0 Å². The minimum Gasteiger partial charge on any atom is -0.0991 e. The zero-order chi connectivity index (χ0) is 10.4. The Kier molecular flexibility index (Phi) is 4.18. The Hall–Kier alpha value is -1.30. The van der Waals surface area contributed by atoms with Crippen molar-refractivity contribution in [2.45, 2.75) is 26.2 Å². The molecule has 74 valence electrons. The molecule has 0 bridgehead atoms. The van der Waals surface area contributed by atoms with Crippen LogP contribution in [0, 0.1) is 0 Å². The Bertz CT molecular complexity index is 311. The molecule has 0 aromatic heterocycles. The summed E-state index contributed by atoms with van der Waals surface area (Å²) in [5.41, 5.74) is 3.99. The van der Waals surface area contributed by atoms with Crippen LogP contribution in [-0.2, 0) is 0 Å². The molecule has 0 saturated heterocycles. The molecule has 0 amide bonds. The van der Waals surface area contributed by atoms with Crippen LogP contribution < -0.4 is 0 Å². The SMILES string of the molecule is C=C/C=C\C(=C)C1=CC=C(CC)CC1. The fraction of sp³-hybridized carbons (Fsp3) is 0.286. The molecule has 14 heavy (non-hydrogen) atoms. The minimum atomic E-state index is 1.11. The highest BCUT2D eigenvalue weighted by Gasteiger charge is 2.05. The maximum absolute atomic E-state index is 4.03. The summed E-state index contributed by atoms with van der Waals surface area (Å²) in [6.07, 6.45) is 13.6. The first-order chi connectivity index (χ1) is 6.77. The summed E-state index contributed by atoms with van der Waals surface area (Å²) in [6, 6.07) is 0. The van der Waals surface area contributed by atoms with Gasteiger partial charge in [0.15, 0.2) is 0 Å². The highest BCUT2D eigenvalue weighted by atomic mass is 14.1. The van der Waals surface area contributed by atoms with Crippen LogP contribution in [-0.4, -0.2) is 0 Å². The highest BCUT2D eigenvalue weighted by Crippen LogP contribution is 2.25. The maximum atomic E-state index is 4.03. The van der Waals surface area contributed by atoms with Gasteiger partial charge in [-0.05, 0) is 30.4 Å². The van der Waals surface area contributed by atoms with Gasteiger partial charge in [0.2, 0.25) is 0 Å². The Morgan fingerprint density at radius 3 is 2.71 bits per heavy atom. The molecule has 0 unspecified atom stereocenters. The first kappa shape index (κ1) is 10.8. The molecule has 0 heterocycles. The summed E-state index contributed by atoms with van der Waals surface area (Å²) < 4.78 is 0. The molecule has 0 spiro atoms. The average Bonchev–Trinajstić information content (AvgIpc) is 2.26. The molecule has 1 aliphatic carbocycles. The third-order valence-electron chi connectivity index (χ3n) is 2.54. The van der Waals surface area contributed by atoms with Crippen molar-refractivity contribution in [1.82, 2.24) is 0 Å². The second-order valence-corrected chi connectivity index (χ2v) is 3.49. The van der Waals surface area contributed by atoms with E-state index in [1.54, 1.807) is 6.08 Å². The number of hydrogen-bond donors (Lipinski definition) is 0. The standard InChI is InChI=1S/C14H18/c1-4-6-7-12(3)14-10-8-13(5-2)9-11-14/h4,6-8,10H,1,3,5,9,11H2,2H3/b7-6-. The van der Waals surface area contributed by atoms with Crippen LogP contribution in [0.2, 0.25) is 0 Å². The highest BCUT2D eigenvalue weighted by molar-refractivity contribution is 5.42. The summed E-state index contributed by atoms with van der Waals surface area (Å²) in [4.78, 5) is 0. The first-order valence-electron chi connectivity index (χ1n) is 5.15. The van der Waals surface area contributed by atoms with E-state index in [0.29, 0.717) is 0 Å². The van der Waals surface area contributed by atoms with Crippen molar-refractivity contribution in [3.05, 3.63) is 60.3 Å². The second kappa shape index (κ2) is 5.43. The predicted octanol–water partition coefficient (Wildman–Crippen LogP) is 4.34. The van der Waals surface area contributed by atoms with Gasteiger partial charge in [-0.2, -0.15) is 0 Å². The third kappa shape index (κ3) is 2.88.